The number of thiazole rings is 1. The van der Waals surface area contributed by atoms with E-state index in [2.05, 4.69) is 9.77 Å². The van der Waals surface area contributed by atoms with E-state index in [-0.39, 0.29) is 5.71 Å². The molecule has 0 bridgehead atoms. The molecule has 0 aromatic carbocycles. The van der Waals surface area contributed by atoms with Gasteiger partial charge in [-0.25, -0.2) is 9.78 Å². The number of aromatic nitrogens is 1. The molecule has 0 atom stereocenters. The van der Waals surface area contributed by atoms with Crippen molar-refractivity contribution in [2.45, 2.75) is 19.6 Å². The maximum atomic E-state index is 11.6. The first-order valence-electron chi connectivity index (χ1n) is 4.28. The van der Waals surface area contributed by atoms with Crippen molar-refractivity contribution in [3.8, 4) is 0 Å². The standard InChI is InChI=1S/C8H11N3O2SSi/c1-15(2,3)13-8(12)7(11-9)6-4-14-5-10-6/h4-5H,1-3H3. The summed E-state index contributed by atoms with van der Waals surface area (Å²) in [5.74, 6) is -0.623. The van der Waals surface area contributed by atoms with Gasteiger partial charge in [0.25, 0.3) is 0 Å². The molecule has 1 aromatic rings. The summed E-state index contributed by atoms with van der Waals surface area (Å²) in [6, 6.07) is 0. The van der Waals surface area contributed by atoms with Crippen LogP contribution in [-0.4, -0.2) is 29.8 Å². The van der Waals surface area contributed by atoms with Gasteiger partial charge in [0.05, 0.1) is 5.51 Å². The molecule has 7 heteroatoms. The summed E-state index contributed by atoms with van der Waals surface area (Å²) in [7, 11) is -1.98. The molecule has 5 nitrogen and oxygen atoms in total. The van der Waals surface area contributed by atoms with Crippen molar-refractivity contribution in [1.82, 2.24) is 4.98 Å². The normalized spacial score (nSPS) is 10.6. The molecule has 0 spiro atoms. The zero-order valence-corrected chi connectivity index (χ0v) is 10.5. The van der Waals surface area contributed by atoms with Gasteiger partial charge >= 0.3 is 11.7 Å². The highest BCUT2D eigenvalue weighted by Crippen LogP contribution is 2.07. The van der Waals surface area contributed by atoms with E-state index in [9.17, 15) is 4.79 Å². The molecule has 0 aliphatic heterocycles. The lowest BCUT2D eigenvalue weighted by Crippen LogP contribution is -2.33. The average molecular weight is 241 g/mol. The first-order valence-corrected chi connectivity index (χ1v) is 8.63. The van der Waals surface area contributed by atoms with Crippen LogP contribution in [0.15, 0.2) is 10.9 Å². The Labute approximate surface area is 92.5 Å². The molecule has 0 aliphatic carbocycles. The van der Waals surface area contributed by atoms with Crippen LogP contribution in [0.3, 0.4) is 0 Å². The molecule has 1 rings (SSSR count). The zero-order valence-electron chi connectivity index (χ0n) is 8.72. The van der Waals surface area contributed by atoms with Crippen LogP contribution >= 0.6 is 11.3 Å². The Morgan fingerprint density at radius 2 is 2.27 bits per heavy atom. The highest BCUT2D eigenvalue weighted by Gasteiger charge is 2.31. The number of carbonyl (C=O) groups is 1. The Morgan fingerprint density at radius 1 is 1.60 bits per heavy atom. The summed E-state index contributed by atoms with van der Waals surface area (Å²) in [6.07, 6.45) is 0. The summed E-state index contributed by atoms with van der Waals surface area (Å²) in [6.45, 7) is 5.63. The summed E-state index contributed by atoms with van der Waals surface area (Å²) >= 11 is 1.32. The number of carbonyl (C=O) groups excluding carboxylic acids is 1. The monoisotopic (exact) mass is 241 g/mol. The first-order chi connectivity index (χ1) is 6.94. The fourth-order valence-corrected chi connectivity index (χ4v) is 2.04. The van der Waals surface area contributed by atoms with Gasteiger partial charge in [-0.15, -0.1) is 11.3 Å². The van der Waals surface area contributed by atoms with Crippen molar-refractivity contribution < 1.29 is 14.0 Å². The van der Waals surface area contributed by atoms with Crippen LogP contribution in [0.2, 0.25) is 19.6 Å². The number of hydrogen-bond acceptors (Lipinski definition) is 4. The van der Waals surface area contributed by atoms with Gasteiger partial charge in [0.2, 0.25) is 8.32 Å². The molecule has 0 amide bonds. The smallest absolute Gasteiger partial charge is 0.423 e. The third kappa shape index (κ3) is 3.39. The second kappa shape index (κ2) is 4.48. The predicted octanol–water partition coefficient (Wildman–Crippen LogP) is 1.54. The van der Waals surface area contributed by atoms with Crippen molar-refractivity contribution in [2.24, 2.45) is 0 Å². The van der Waals surface area contributed by atoms with E-state index in [0.29, 0.717) is 5.69 Å². The molecule has 15 heavy (non-hydrogen) atoms. The predicted molar refractivity (Wildman–Crippen MR) is 59.3 cm³/mol. The van der Waals surface area contributed by atoms with E-state index in [0.717, 1.165) is 0 Å². The average Bonchev–Trinajstić information content (AvgIpc) is 2.54. The molecular weight excluding hydrogens is 230 g/mol. The topological polar surface area (TPSA) is 75.6 Å². The van der Waals surface area contributed by atoms with Crippen molar-refractivity contribution in [3.63, 3.8) is 0 Å². The first kappa shape index (κ1) is 11.8. The minimum Gasteiger partial charge on any atom is -0.511 e. The fraction of sp³-hybridized carbons (Fsp3) is 0.375. The van der Waals surface area contributed by atoms with Crippen molar-refractivity contribution >= 4 is 31.3 Å². The van der Waals surface area contributed by atoms with Crippen LogP contribution in [0.25, 0.3) is 5.53 Å². The molecular formula is C8H11N3O2SSi. The Kier molecular flexibility index (Phi) is 3.51. The van der Waals surface area contributed by atoms with E-state index >= 15 is 0 Å². The van der Waals surface area contributed by atoms with E-state index in [1.165, 1.54) is 11.3 Å². The van der Waals surface area contributed by atoms with Gasteiger partial charge < -0.3 is 9.96 Å². The Morgan fingerprint density at radius 3 is 2.67 bits per heavy atom. The minimum atomic E-state index is -1.98. The van der Waals surface area contributed by atoms with Crippen molar-refractivity contribution in [1.29, 1.82) is 0 Å². The molecule has 0 fully saturated rings. The van der Waals surface area contributed by atoms with E-state index < -0.39 is 14.3 Å². The molecule has 0 radical (unpaired) electrons. The summed E-state index contributed by atoms with van der Waals surface area (Å²) < 4.78 is 5.19. The van der Waals surface area contributed by atoms with Gasteiger partial charge in [0.1, 0.15) is 0 Å². The largest absolute Gasteiger partial charge is 0.511 e. The molecule has 1 aromatic heterocycles. The van der Waals surface area contributed by atoms with Crippen LogP contribution in [0.5, 0.6) is 0 Å². The molecule has 0 saturated heterocycles. The lowest BCUT2D eigenvalue weighted by molar-refractivity contribution is -0.132. The summed E-state index contributed by atoms with van der Waals surface area (Å²) in [5.41, 5.74) is 10.5. The zero-order chi connectivity index (χ0) is 11.5. The van der Waals surface area contributed by atoms with Gasteiger partial charge in [0.15, 0.2) is 5.69 Å². The lowest BCUT2D eigenvalue weighted by Gasteiger charge is -2.14. The maximum Gasteiger partial charge on any atom is 0.423 e. The quantitative estimate of drug-likeness (QED) is 0.348. The number of hydrogen-bond donors (Lipinski definition) is 0. The van der Waals surface area contributed by atoms with E-state index in [1.807, 2.05) is 19.6 Å². The second-order valence-electron chi connectivity index (χ2n) is 3.82. The second-order valence-corrected chi connectivity index (χ2v) is 8.97. The Hall–Kier alpha value is -1.30. The lowest BCUT2D eigenvalue weighted by atomic mass is 10.3. The van der Waals surface area contributed by atoms with Gasteiger partial charge in [0, 0.05) is 5.38 Å². The van der Waals surface area contributed by atoms with Gasteiger partial charge in [-0.2, -0.15) is 4.79 Å². The Bertz CT molecular complexity index is 404. The van der Waals surface area contributed by atoms with Crippen LogP contribution in [0.1, 0.15) is 5.69 Å². The number of nitrogens with zero attached hydrogens (tertiary/aromatic N) is 3. The fourth-order valence-electron chi connectivity index (χ4n) is 0.853. The SMILES string of the molecule is C[Si](C)(C)OC(=O)C(=[N+]=[N-])c1cscn1. The van der Waals surface area contributed by atoms with Crippen LogP contribution in [0, 0.1) is 0 Å². The molecule has 0 unspecified atom stereocenters. The molecule has 80 valence electrons. The van der Waals surface area contributed by atoms with Gasteiger partial charge in [-0.05, 0) is 19.6 Å². The third-order valence-electron chi connectivity index (χ3n) is 1.37. The molecule has 0 saturated carbocycles. The molecule has 0 N–H and O–H groups in total. The van der Waals surface area contributed by atoms with Gasteiger partial charge in [-0.3, -0.25) is 0 Å². The molecule has 1 heterocycles. The van der Waals surface area contributed by atoms with E-state index in [4.69, 9.17) is 9.96 Å². The minimum absolute atomic E-state index is 0.140. The van der Waals surface area contributed by atoms with Crippen LogP contribution in [-0.2, 0) is 9.22 Å². The van der Waals surface area contributed by atoms with Gasteiger partial charge in [-0.1, -0.05) is 0 Å². The van der Waals surface area contributed by atoms with Crippen molar-refractivity contribution in [3.05, 3.63) is 22.1 Å². The summed E-state index contributed by atoms with van der Waals surface area (Å²) in [5, 5.41) is 1.63. The van der Waals surface area contributed by atoms with Crippen molar-refractivity contribution in [2.75, 3.05) is 0 Å². The van der Waals surface area contributed by atoms with E-state index in [1.54, 1.807) is 10.9 Å². The highest BCUT2D eigenvalue weighted by molar-refractivity contribution is 7.07. The third-order valence-corrected chi connectivity index (χ3v) is 2.75. The number of rotatable bonds is 3. The molecule has 0 aliphatic rings. The van der Waals surface area contributed by atoms with Crippen LogP contribution in [0.4, 0.5) is 0 Å². The van der Waals surface area contributed by atoms with Crippen LogP contribution < -0.4 is 0 Å². The Balaban J connectivity index is 2.88. The summed E-state index contributed by atoms with van der Waals surface area (Å²) in [4.78, 5) is 18.4. The highest BCUT2D eigenvalue weighted by atomic mass is 32.1. The maximum absolute atomic E-state index is 11.6.